The molecule has 0 saturated carbocycles. The summed E-state index contributed by atoms with van der Waals surface area (Å²) in [5, 5.41) is 10.7. The molecule has 2 N–H and O–H groups in total. The molecule has 4 aromatic rings. The van der Waals surface area contributed by atoms with Gasteiger partial charge in [0.1, 0.15) is 5.56 Å². The average Bonchev–Trinajstić information content (AvgIpc) is 2.81. The molecule has 1 aromatic heterocycles. The highest BCUT2D eigenvalue weighted by Crippen LogP contribution is 2.31. The first kappa shape index (κ1) is 20.0. The number of nitrogens with one attached hydrogen (secondary N) is 2. The Morgan fingerprint density at radius 1 is 0.903 bits per heavy atom. The smallest absolute Gasteiger partial charge is 0.267 e. The number of benzene rings is 3. The molecule has 1 heterocycles. The zero-order valence-corrected chi connectivity index (χ0v) is 16.9. The Hall–Kier alpha value is -4.32. The largest absolute Gasteiger partial charge is 0.277 e. The minimum atomic E-state index is -0.608. The molecule has 0 aliphatic rings. The van der Waals surface area contributed by atoms with Crippen LogP contribution >= 0.6 is 0 Å². The van der Waals surface area contributed by atoms with Crippen LogP contribution in [0.25, 0.3) is 22.4 Å². The third-order valence-corrected chi connectivity index (χ3v) is 4.78. The second kappa shape index (κ2) is 9.00. The highest BCUT2D eigenvalue weighted by Gasteiger charge is 2.22. The van der Waals surface area contributed by atoms with E-state index in [9.17, 15) is 9.59 Å². The lowest BCUT2D eigenvalue weighted by Gasteiger charge is -2.12. The van der Waals surface area contributed by atoms with Crippen LogP contribution in [0.3, 0.4) is 0 Å². The molecular weight excluding hydrogens is 388 g/mol. The Labute approximate surface area is 179 Å². The van der Waals surface area contributed by atoms with Gasteiger partial charge in [0.15, 0.2) is 0 Å². The maximum Gasteiger partial charge on any atom is 0.277 e. The van der Waals surface area contributed by atoms with Gasteiger partial charge in [0, 0.05) is 11.1 Å². The van der Waals surface area contributed by atoms with Crippen LogP contribution in [-0.2, 0) is 0 Å². The Morgan fingerprint density at radius 2 is 1.52 bits per heavy atom. The summed E-state index contributed by atoms with van der Waals surface area (Å²) in [6.07, 6.45) is 1.53. The summed E-state index contributed by atoms with van der Waals surface area (Å²) in [6.45, 7) is 1.99. The zero-order valence-electron chi connectivity index (χ0n) is 16.9. The van der Waals surface area contributed by atoms with Gasteiger partial charge in [-0.2, -0.15) is 10.2 Å². The number of H-pyrrole nitrogens is 1. The van der Waals surface area contributed by atoms with Gasteiger partial charge in [-0.1, -0.05) is 90.5 Å². The van der Waals surface area contributed by atoms with Crippen LogP contribution in [0.2, 0.25) is 0 Å². The molecule has 0 aliphatic heterocycles. The Kier molecular flexibility index (Phi) is 5.80. The van der Waals surface area contributed by atoms with E-state index in [-0.39, 0.29) is 5.56 Å². The average molecular weight is 408 g/mol. The first-order valence-corrected chi connectivity index (χ1v) is 9.77. The number of nitrogens with zero attached hydrogens (tertiary/aromatic N) is 2. The molecule has 0 saturated heterocycles. The van der Waals surface area contributed by atoms with Gasteiger partial charge in [-0.3, -0.25) is 9.59 Å². The van der Waals surface area contributed by atoms with Gasteiger partial charge >= 0.3 is 0 Å². The summed E-state index contributed by atoms with van der Waals surface area (Å²) in [6, 6.07) is 26.4. The van der Waals surface area contributed by atoms with Crippen molar-refractivity contribution >= 4 is 12.1 Å². The number of aromatic amines is 1. The number of aromatic nitrogens is 2. The number of hydrogen-bond donors (Lipinski definition) is 2. The van der Waals surface area contributed by atoms with E-state index < -0.39 is 11.5 Å². The minimum absolute atomic E-state index is 0.0406. The summed E-state index contributed by atoms with van der Waals surface area (Å²) in [7, 11) is 0. The van der Waals surface area contributed by atoms with Crippen molar-refractivity contribution in [3.8, 4) is 22.4 Å². The van der Waals surface area contributed by atoms with Crippen molar-refractivity contribution in [3.63, 3.8) is 0 Å². The number of carbonyl (C=O) groups is 1. The second-order valence-electron chi connectivity index (χ2n) is 6.99. The molecule has 31 heavy (non-hydrogen) atoms. The number of hydrazone groups is 1. The maximum absolute atomic E-state index is 13.0. The fraction of sp³-hybridized carbons (Fsp3) is 0.0400. The summed E-state index contributed by atoms with van der Waals surface area (Å²) in [5.74, 6) is -0.608. The topological polar surface area (TPSA) is 87.2 Å². The first-order chi connectivity index (χ1) is 15.1. The van der Waals surface area contributed by atoms with Crippen molar-refractivity contribution in [2.24, 2.45) is 5.10 Å². The van der Waals surface area contributed by atoms with E-state index in [0.717, 1.165) is 16.7 Å². The van der Waals surface area contributed by atoms with Crippen LogP contribution < -0.4 is 11.0 Å². The van der Waals surface area contributed by atoms with Gasteiger partial charge in [-0.15, -0.1) is 0 Å². The van der Waals surface area contributed by atoms with E-state index in [1.165, 1.54) is 6.21 Å². The Morgan fingerprint density at radius 3 is 2.16 bits per heavy atom. The number of aryl methyl sites for hydroxylation is 1. The molecule has 0 radical (unpaired) electrons. The summed E-state index contributed by atoms with van der Waals surface area (Å²) < 4.78 is 0. The number of carbonyl (C=O) groups excluding carboxylic acids is 1. The zero-order chi connectivity index (χ0) is 21.6. The van der Waals surface area contributed by atoms with Gasteiger partial charge < -0.3 is 0 Å². The van der Waals surface area contributed by atoms with E-state index in [2.05, 4.69) is 20.7 Å². The SMILES string of the molecule is Cc1ccc(/C=N/NC(=O)c2c(-c3ccccc3)c(-c3ccccc3)n[nH]c2=O)cc1. The lowest BCUT2D eigenvalue weighted by Crippen LogP contribution is -2.28. The molecule has 0 fully saturated rings. The van der Waals surface area contributed by atoms with Crippen LogP contribution in [-0.4, -0.2) is 22.3 Å². The van der Waals surface area contributed by atoms with Crippen LogP contribution in [0.1, 0.15) is 21.5 Å². The van der Waals surface area contributed by atoms with Crippen LogP contribution in [0, 0.1) is 6.92 Å². The second-order valence-corrected chi connectivity index (χ2v) is 6.99. The predicted octanol–water partition coefficient (Wildman–Crippen LogP) is 4.18. The minimum Gasteiger partial charge on any atom is -0.267 e. The number of hydrogen-bond acceptors (Lipinski definition) is 4. The van der Waals surface area contributed by atoms with Crippen LogP contribution in [0.4, 0.5) is 0 Å². The van der Waals surface area contributed by atoms with Crippen LogP contribution in [0.5, 0.6) is 0 Å². The summed E-state index contributed by atoms with van der Waals surface area (Å²) in [4.78, 5) is 25.7. The first-order valence-electron chi connectivity index (χ1n) is 9.77. The van der Waals surface area contributed by atoms with E-state index in [1.54, 1.807) is 0 Å². The molecule has 0 aliphatic carbocycles. The van der Waals surface area contributed by atoms with Crippen molar-refractivity contribution < 1.29 is 4.79 Å². The fourth-order valence-corrected chi connectivity index (χ4v) is 3.23. The van der Waals surface area contributed by atoms with Crippen LogP contribution in [0.15, 0.2) is 94.8 Å². The molecule has 0 unspecified atom stereocenters. The molecule has 0 spiro atoms. The molecule has 0 atom stereocenters. The van der Waals surface area contributed by atoms with Gasteiger partial charge in [-0.05, 0) is 18.1 Å². The van der Waals surface area contributed by atoms with E-state index in [4.69, 9.17) is 0 Å². The van der Waals surface area contributed by atoms with Gasteiger partial charge in [0.25, 0.3) is 11.5 Å². The molecule has 6 nitrogen and oxygen atoms in total. The van der Waals surface area contributed by atoms with Crippen molar-refractivity contribution in [1.29, 1.82) is 0 Å². The van der Waals surface area contributed by atoms with Crippen molar-refractivity contribution in [3.05, 3.63) is 112 Å². The van der Waals surface area contributed by atoms with E-state index >= 15 is 0 Å². The van der Waals surface area contributed by atoms with Crippen molar-refractivity contribution in [2.45, 2.75) is 6.92 Å². The summed E-state index contributed by atoms with van der Waals surface area (Å²) in [5.41, 5.74) is 6.29. The van der Waals surface area contributed by atoms with Gasteiger partial charge in [0.05, 0.1) is 11.9 Å². The van der Waals surface area contributed by atoms with E-state index in [0.29, 0.717) is 16.8 Å². The third-order valence-electron chi connectivity index (χ3n) is 4.78. The van der Waals surface area contributed by atoms with E-state index in [1.807, 2.05) is 91.9 Å². The number of rotatable bonds is 5. The molecule has 152 valence electrons. The van der Waals surface area contributed by atoms with Gasteiger partial charge in [0.2, 0.25) is 0 Å². The normalized spacial score (nSPS) is 10.9. The standard InChI is InChI=1S/C25H20N4O2/c1-17-12-14-18(15-13-17)16-26-28-24(30)22-21(19-8-4-2-5-9-19)23(27-29-25(22)31)20-10-6-3-7-11-20/h2-16H,1H3,(H,28,30)(H,29,31)/b26-16+. The highest BCUT2D eigenvalue weighted by molar-refractivity contribution is 6.03. The highest BCUT2D eigenvalue weighted by atomic mass is 16.2. The van der Waals surface area contributed by atoms with Gasteiger partial charge in [-0.25, -0.2) is 10.5 Å². The molecule has 0 bridgehead atoms. The third kappa shape index (κ3) is 4.48. The van der Waals surface area contributed by atoms with Crippen molar-refractivity contribution in [1.82, 2.24) is 15.6 Å². The lowest BCUT2D eigenvalue weighted by atomic mass is 9.95. The maximum atomic E-state index is 13.0. The molecule has 6 heteroatoms. The quantitative estimate of drug-likeness (QED) is 0.384. The molecule has 4 rings (SSSR count). The molecule has 3 aromatic carbocycles. The molecule has 1 amide bonds. The molecular formula is C25H20N4O2. The fourth-order valence-electron chi connectivity index (χ4n) is 3.23. The predicted molar refractivity (Wildman–Crippen MR) is 122 cm³/mol. The monoisotopic (exact) mass is 408 g/mol. The number of amides is 1. The lowest BCUT2D eigenvalue weighted by molar-refractivity contribution is 0.0954. The Balaban J connectivity index is 1.76. The summed E-state index contributed by atoms with van der Waals surface area (Å²) >= 11 is 0. The van der Waals surface area contributed by atoms with Crippen molar-refractivity contribution in [2.75, 3.05) is 0 Å². The Bertz CT molecular complexity index is 1280.